The maximum atomic E-state index is 13.3. The summed E-state index contributed by atoms with van der Waals surface area (Å²) in [7, 11) is 0. The van der Waals surface area contributed by atoms with Crippen LogP contribution in [0.4, 0.5) is 17.6 Å². The summed E-state index contributed by atoms with van der Waals surface area (Å²) in [5, 5.41) is 10.1. The Labute approximate surface area is 171 Å². The van der Waals surface area contributed by atoms with Gasteiger partial charge in [-0.05, 0) is 45.8 Å². The molecule has 0 spiro atoms. The average molecular weight is 475 g/mol. The normalized spacial score (nSPS) is 18.8. The van der Waals surface area contributed by atoms with Gasteiger partial charge in [-0.1, -0.05) is 24.3 Å². The van der Waals surface area contributed by atoms with E-state index in [1.165, 1.54) is 24.3 Å². The highest BCUT2D eigenvalue weighted by Gasteiger charge is 2.51. The lowest BCUT2D eigenvalue weighted by Gasteiger charge is -2.31. The minimum Gasteiger partial charge on any atom is -0.488 e. The molecular weight excluding hydrogens is 460 g/mol. The van der Waals surface area contributed by atoms with Crippen molar-refractivity contribution in [3.05, 3.63) is 75.9 Å². The molecule has 1 amide bonds. The van der Waals surface area contributed by atoms with Gasteiger partial charge in [-0.15, -0.1) is 0 Å². The molecule has 1 unspecified atom stereocenters. The molecule has 1 atom stereocenters. The van der Waals surface area contributed by atoms with Gasteiger partial charge in [-0.3, -0.25) is 10.2 Å². The molecular formula is C19H15BrF4N2O3. The summed E-state index contributed by atoms with van der Waals surface area (Å²) in [6.07, 6.45) is -6.40. The molecule has 2 aromatic rings. The van der Waals surface area contributed by atoms with Gasteiger partial charge in [0.25, 0.3) is 18.8 Å². The number of allylic oxidation sites excluding steroid dienone is 1. The zero-order valence-electron chi connectivity index (χ0n) is 14.7. The minimum atomic E-state index is -3.49. The fraction of sp³-hybridized carbons (Fsp3) is 0.211. The highest BCUT2D eigenvalue weighted by atomic mass is 79.9. The zero-order valence-corrected chi connectivity index (χ0v) is 16.2. The standard InChI is InChI=1S/C19H15BrF4N2O3/c20-13-3-1-2-4-15(13)29-10-11-5-7-12(8-6-11)17(27)26-19(28,18(23)24)9-14(25-26)16(21)22/h1-9,16,18,25,28H,10H2. The number of para-hydroxylation sites is 1. The van der Waals surface area contributed by atoms with Crippen molar-refractivity contribution < 1.29 is 32.2 Å². The van der Waals surface area contributed by atoms with E-state index < -0.39 is 30.2 Å². The monoisotopic (exact) mass is 474 g/mol. The van der Waals surface area contributed by atoms with Crippen molar-refractivity contribution in [2.45, 2.75) is 25.2 Å². The van der Waals surface area contributed by atoms with Crippen LogP contribution in [0, 0.1) is 0 Å². The van der Waals surface area contributed by atoms with Crippen LogP contribution in [0.2, 0.25) is 0 Å². The van der Waals surface area contributed by atoms with Gasteiger partial charge in [0.15, 0.2) is 0 Å². The molecule has 2 N–H and O–H groups in total. The van der Waals surface area contributed by atoms with Crippen molar-refractivity contribution >= 4 is 21.8 Å². The highest BCUT2D eigenvalue weighted by Crippen LogP contribution is 2.31. The van der Waals surface area contributed by atoms with Gasteiger partial charge in [0.05, 0.1) is 10.2 Å². The number of alkyl halides is 4. The molecule has 0 aliphatic carbocycles. The second-order valence-corrected chi connectivity index (χ2v) is 7.01. The number of aliphatic hydroxyl groups is 1. The third-order valence-electron chi connectivity index (χ3n) is 4.16. The molecule has 5 nitrogen and oxygen atoms in total. The number of amides is 1. The van der Waals surface area contributed by atoms with Crippen LogP contribution in [0.25, 0.3) is 0 Å². The van der Waals surface area contributed by atoms with Gasteiger partial charge in [-0.2, -0.15) is 0 Å². The van der Waals surface area contributed by atoms with Crippen molar-refractivity contribution in [2.75, 3.05) is 0 Å². The van der Waals surface area contributed by atoms with E-state index >= 15 is 0 Å². The second-order valence-electron chi connectivity index (χ2n) is 6.15. The van der Waals surface area contributed by atoms with E-state index in [2.05, 4.69) is 15.9 Å². The predicted octanol–water partition coefficient (Wildman–Crippen LogP) is 4.09. The number of nitrogens with one attached hydrogen (secondary N) is 1. The summed E-state index contributed by atoms with van der Waals surface area (Å²) in [5.74, 6) is -0.473. The number of hydrazine groups is 1. The van der Waals surface area contributed by atoms with Crippen LogP contribution >= 0.6 is 15.9 Å². The van der Waals surface area contributed by atoms with E-state index in [4.69, 9.17) is 4.74 Å². The Morgan fingerprint density at radius 1 is 1.14 bits per heavy atom. The predicted molar refractivity (Wildman–Crippen MR) is 99.3 cm³/mol. The van der Waals surface area contributed by atoms with E-state index in [1.54, 1.807) is 12.1 Å². The molecule has 3 rings (SSSR count). The van der Waals surface area contributed by atoms with Crippen molar-refractivity contribution in [3.8, 4) is 5.75 Å². The van der Waals surface area contributed by atoms with E-state index in [1.807, 2.05) is 17.6 Å². The molecule has 29 heavy (non-hydrogen) atoms. The molecule has 0 saturated carbocycles. The number of benzene rings is 2. The summed E-state index contributed by atoms with van der Waals surface area (Å²) in [4.78, 5) is 12.5. The van der Waals surface area contributed by atoms with Crippen LogP contribution < -0.4 is 10.2 Å². The maximum absolute atomic E-state index is 13.3. The van der Waals surface area contributed by atoms with E-state index in [0.29, 0.717) is 11.3 Å². The largest absolute Gasteiger partial charge is 0.488 e. The molecule has 1 aliphatic rings. The molecule has 2 aromatic carbocycles. The molecule has 154 valence electrons. The van der Waals surface area contributed by atoms with Gasteiger partial charge in [0.2, 0.25) is 5.72 Å². The summed E-state index contributed by atoms with van der Waals surface area (Å²) in [6.45, 7) is 0.178. The lowest BCUT2D eigenvalue weighted by Crippen LogP contribution is -2.56. The molecule has 0 saturated heterocycles. The van der Waals surface area contributed by atoms with Crippen LogP contribution in [-0.4, -0.2) is 34.6 Å². The number of ether oxygens (including phenoxy) is 1. The summed E-state index contributed by atoms with van der Waals surface area (Å²) in [5.41, 5.74) is -1.68. The molecule has 0 fully saturated rings. The van der Waals surface area contributed by atoms with Gasteiger partial charge in [-0.25, -0.2) is 22.6 Å². The number of carbonyl (C=O) groups excluding carboxylic acids is 1. The summed E-state index contributed by atoms with van der Waals surface area (Å²) in [6, 6.07) is 12.9. The Morgan fingerprint density at radius 3 is 2.38 bits per heavy atom. The molecule has 1 aliphatic heterocycles. The Balaban J connectivity index is 1.72. The van der Waals surface area contributed by atoms with E-state index in [0.717, 1.165) is 4.47 Å². The van der Waals surface area contributed by atoms with Gasteiger partial charge in [0, 0.05) is 11.6 Å². The Hall–Kier alpha value is -2.59. The van der Waals surface area contributed by atoms with Gasteiger partial charge in [0.1, 0.15) is 12.4 Å². The molecule has 1 heterocycles. The first-order valence-electron chi connectivity index (χ1n) is 8.31. The topological polar surface area (TPSA) is 61.8 Å². The van der Waals surface area contributed by atoms with Crippen molar-refractivity contribution in [3.63, 3.8) is 0 Å². The lowest BCUT2D eigenvalue weighted by molar-refractivity contribution is -0.146. The fourth-order valence-electron chi connectivity index (χ4n) is 2.63. The molecule has 0 aromatic heterocycles. The van der Waals surface area contributed by atoms with Crippen LogP contribution in [-0.2, 0) is 6.61 Å². The number of hydrogen-bond acceptors (Lipinski definition) is 4. The Kier molecular flexibility index (Phi) is 6.13. The SMILES string of the molecule is O=C(c1ccc(COc2ccccc2Br)cc1)N1NC(C(F)F)=CC1(O)C(F)F. The van der Waals surface area contributed by atoms with E-state index in [-0.39, 0.29) is 23.3 Å². The molecule has 0 bridgehead atoms. The smallest absolute Gasteiger partial charge is 0.291 e. The van der Waals surface area contributed by atoms with Gasteiger partial charge < -0.3 is 9.84 Å². The molecule has 10 heteroatoms. The lowest BCUT2D eigenvalue weighted by atomic mass is 10.1. The van der Waals surface area contributed by atoms with E-state index in [9.17, 15) is 27.5 Å². The van der Waals surface area contributed by atoms with Crippen LogP contribution in [0.3, 0.4) is 0 Å². The zero-order chi connectivity index (χ0) is 21.2. The number of halogens is 5. The quantitative estimate of drug-likeness (QED) is 0.619. The van der Waals surface area contributed by atoms with Crippen molar-refractivity contribution in [1.82, 2.24) is 10.4 Å². The third-order valence-corrected chi connectivity index (χ3v) is 4.81. The Morgan fingerprint density at radius 2 is 1.79 bits per heavy atom. The number of rotatable bonds is 6. The van der Waals surface area contributed by atoms with Crippen LogP contribution in [0.5, 0.6) is 5.75 Å². The maximum Gasteiger partial charge on any atom is 0.291 e. The fourth-order valence-corrected chi connectivity index (χ4v) is 3.02. The summed E-state index contributed by atoms with van der Waals surface area (Å²) >= 11 is 3.35. The second kappa shape index (κ2) is 8.42. The van der Waals surface area contributed by atoms with Crippen molar-refractivity contribution in [1.29, 1.82) is 0 Å². The Bertz CT molecular complexity index is 924. The van der Waals surface area contributed by atoms with Gasteiger partial charge >= 0.3 is 0 Å². The first kappa shape index (κ1) is 21.1. The molecule has 0 radical (unpaired) electrons. The average Bonchev–Trinajstić information content (AvgIpc) is 3.07. The van der Waals surface area contributed by atoms with Crippen LogP contribution in [0.1, 0.15) is 15.9 Å². The number of nitrogens with zero attached hydrogens (tertiary/aromatic N) is 1. The number of hydrogen-bond donors (Lipinski definition) is 2. The third kappa shape index (κ3) is 4.38. The minimum absolute atomic E-state index is 0.0786. The van der Waals surface area contributed by atoms with Crippen molar-refractivity contribution in [2.24, 2.45) is 0 Å². The number of carbonyl (C=O) groups is 1. The first-order chi connectivity index (χ1) is 13.7. The first-order valence-corrected chi connectivity index (χ1v) is 9.10. The summed E-state index contributed by atoms with van der Waals surface area (Å²) < 4.78 is 58.6. The van der Waals surface area contributed by atoms with Crippen LogP contribution in [0.15, 0.2) is 64.8 Å². The highest BCUT2D eigenvalue weighted by molar-refractivity contribution is 9.10.